The van der Waals surface area contributed by atoms with Gasteiger partial charge < -0.3 is 14.0 Å². The van der Waals surface area contributed by atoms with E-state index in [2.05, 4.69) is 19.7 Å². The molecule has 1 fully saturated rings. The highest BCUT2D eigenvalue weighted by molar-refractivity contribution is 5.76. The standard InChI is InChI=1S/C17H25N5O2/c1-12(2)17-19-15(24-20-17)6-7-16(23)21-9-4-5-14(11-21)22-10-8-18-13(22)3/h8,10,12,14H,4-7,9,11H2,1-3H3/t14-/m1/s1. The van der Waals surface area contributed by atoms with Gasteiger partial charge in [-0.1, -0.05) is 19.0 Å². The van der Waals surface area contributed by atoms with Crippen molar-refractivity contribution in [3.05, 3.63) is 29.9 Å². The van der Waals surface area contributed by atoms with Gasteiger partial charge in [-0.15, -0.1) is 0 Å². The molecule has 1 amide bonds. The van der Waals surface area contributed by atoms with Gasteiger partial charge in [0.15, 0.2) is 5.82 Å². The first-order valence-corrected chi connectivity index (χ1v) is 8.64. The number of piperidine rings is 1. The molecule has 0 aromatic carbocycles. The summed E-state index contributed by atoms with van der Waals surface area (Å²) in [6.07, 6.45) is 6.84. The van der Waals surface area contributed by atoms with E-state index in [1.807, 2.05) is 38.1 Å². The monoisotopic (exact) mass is 331 g/mol. The van der Waals surface area contributed by atoms with Crippen LogP contribution in [0.2, 0.25) is 0 Å². The molecule has 7 heteroatoms. The first-order chi connectivity index (χ1) is 11.5. The van der Waals surface area contributed by atoms with Gasteiger partial charge >= 0.3 is 0 Å². The smallest absolute Gasteiger partial charge is 0.227 e. The van der Waals surface area contributed by atoms with E-state index in [9.17, 15) is 4.79 Å². The van der Waals surface area contributed by atoms with E-state index >= 15 is 0 Å². The van der Waals surface area contributed by atoms with Crippen LogP contribution in [0, 0.1) is 6.92 Å². The van der Waals surface area contributed by atoms with Crippen LogP contribution in [-0.4, -0.2) is 43.6 Å². The fraction of sp³-hybridized carbons (Fsp3) is 0.647. The van der Waals surface area contributed by atoms with Crippen molar-refractivity contribution in [1.82, 2.24) is 24.6 Å². The van der Waals surface area contributed by atoms with Crippen molar-refractivity contribution >= 4 is 5.91 Å². The zero-order valence-electron chi connectivity index (χ0n) is 14.6. The minimum Gasteiger partial charge on any atom is -0.341 e. The molecule has 1 aliphatic heterocycles. The fourth-order valence-corrected chi connectivity index (χ4v) is 3.16. The predicted molar refractivity (Wildman–Crippen MR) is 88.5 cm³/mol. The number of hydrogen-bond donors (Lipinski definition) is 0. The Morgan fingerprint density at radius 1 is 1.46 bits per heavy atom. The highest BCUT2D eigenvalue weighted by Gasteiger charge is 2.25. The predicted octanol–water partition coefficient (Wildman–Crippen LogP) is 2.49. The van der Waals surface area contributed by atoms with Crippen LogP contribution >= 0.6 is 0 Å². The molecule has 1 atom stereocenters. The third-order valence-corrected chi connectivity index (χ3v) is 4.56. The third kappa shape index (κ3) is 3.66. The summed E-state index contributed by atoms with van der Waals surface area (Å²) in [6, 6.07) is 0.321. The Balaban J connectivity index is 1.55. The van der Waals surface area contributed by atoms with Crippen LogP contribution in [-0.2, 0) is 11.2 Å². The van der Waals surface area contributed by atoms with Gasteiger partial charge in [0.25, 0.3) is 0 Å². The quantitative estimate of drug-likeness (QED) is 0.841. The molecule has 2 aromatic heterocycles. The van der Waals surface area contributed by atoms with Crippen LogP contribution in [0.3, 0.4) is 0 Å². The number of hydrogen-bond acceptors (Lipinski definition) is 5. The topological polar surface area (TPSA) is 77.1 Å². The summed E-state index contributed by atoms with van der Waals surface area (Å²) < 4.78 is 7.39. The zero-order valence-corrected chi connectivity index (χ0v) is 14.6. The van der Waals surface area contributed by atoms with Crippen molar-refractivity contribution in [2.24, 2.45) is 0 Å². The van der Waals surface area contributed by atoms with Gasteiger partial charge in [0.2, 0.25) is 11.8 Å². The Morgan fingerprint density at radius 2 is 2.29 bits per heavy atom. The molecule has 0 N–H and O–H groups in total. The molecule has 0 saturated carbocycles. The van der Waals surface area contributed by atoms with Crippen LogP contribution in [0.15, 0.2) is 16.9 Å². The summed E-state index contributed by atoms with van der Waals surface area (Å²) >= 11 is 0. The van der Waals surface area contributed by atoms with Crippen LogP contribution in [0.1, 0.15) is 62.6 Å². The van der Waals surface area contributed by atoms with Crippen LogP contribution < -0.4 is 0 Å². The van der Waals surface area contributed by atoms with Gasteiger partial charge in [0, 0.05) is 44.2 Å². The number of imidazole rings is 1. The average molecular weight is 331 g/mol. The molecular formula is C17H25N5O2. The SMILES string of the molecule is Cc1nccn1[C@@H]1CCCN(C(=O)CCc2nc(C(C)C)no2)C1. The summed E-state index contributed by atoms with van der Waals surface area (Å²) in [7, 11) is 0. The van der Waals surface area contributed by atoms with Crippen LogP contribution in [0.4, 0.5) is 0 Å². The lowest BCUT2D eigenvalue weighted by molar-refractivity contribution is -0.132. The van der Waals surface area contributed by atoms with Gasteiger partial charge in [-0.2, -0.15) is 4.98 Å². The molecule has 0 aliphatic carbocycles. The average Bonchev–Trinajstić information content (AvgIpc) is 3.21. The first kappa shape index (κ1) is 16.7. The highest BCUT2D eigenvalue weighted by Crippen LogP contribution is 2.23. The number of likely N-dealkylation sites (tertiary alicyclic amines) is 1. The van der Waals surface area contributed by atoms with Gasteiger partial charge in [0.1, 0.15) is 5.82 Å². The van der Waals surface area contributed by atoms with Crippen molar-refractivity contribution in [3.8, 4) is 0 Å². The number of aromatic nitrogens is 4. The largest absolute Gasteiger partial charge is 0.341 e. The molecule has 0 bridgehead atoms. The van der Waals surface area contributed by atoms with E-state index in [0.29, 0.717) is 30.6 Å². The Hall–Kier alpha value is -2.18. The molecule has 0 spiro atoms. The van der Waals surface area contributed by atoms with Crippen molar-refractivity contribution < 1.29 is 9.32 Å². The number of carbonyl (C=O) groups is 1. The normalized spacial score (nSPS) is 18.3. The Kier molecular flexibility index (Phi) is 4.97. The molecule has 24 heavy (non-hydrogen) atoms. The first-order valence-electron chi connectivity index (χ1n) is 8.64. The van der Waals surface area contributed by atoms with Crippen LogP contribution in [0.5, 0.6) is 0 Å². The summed E-state index contributed by atoms with van der Waals surface area (Å²) in [5.74, 6) is 2.64. The molecule has 130 valence electrons. The molecule has 2 aromatic rings. The Morgan fingerprint density at radius 3 is 2.96 bits per heavy atom. The van der Waals surface area contributed by atoms with Crippen molar-refractivity contribution in [2.45, 2.75) is 58.4 Å². The molecule has 3 rings (SSSR count). The molecule has 7 nitrogen and oxygen atoms in total. The molecule has 1 saturated heterocycles. The van der Waals surface area contributed by atoms with E-state index in [-0.39, 0.29) is 11.8 Å². The number of aryl methyl sites for hydroxylation is 2. The number of rotatable bonds is 5. The fourth-order valence-electron chi connectivity index (χ4n) is 3.16. The maximum atomic E-state index is 12.5. The third-order valence-electron chi connectivity index (χ3n) is 4.56. The molecule has 3 heterocycles. The lowest BCUT2D eigenvalue weighted by atomic mass is 10.0. The van der Waals surface area contributed by atoms with E-state index in [1.165, 1.54) is 0 Å². The number of carbonyl (C=O) groups excluding carboxylic acids is 1. The summed E-state index contributed by atoms with van der Waals surface area (Å²) in [6.45, 7) is 7.61. The summed E-state index contributed by atoms with van der Waals surface area (Å²) in [5.41, 5.74) is 0. The number of amides is 1. The molecular weight excluding hydrogens is 306 g/mol. The van der Waals surface area contributed by atoms with Gasteiger partial charge in [-0.25, -0.2) is 4.98 Å². The van der Waals surface area contributed by atoms with Gasteiger partial charge in [0.05, 0.1) is 6.04 Å². The second-order valence-electron chi connectivity index (χ2n) is 6.72. The minimum absolute atomic E-state index is 0.154. The maximum absolute atomic E-state index is 12.5. The van der Waals surface area contributed by atoms with E-state index in [0.717, 1.165) is 31.8 Å². The lowest BCUT2D eigenvalue weighted by Crippen LogP contribution is -2.40. The van der Waals surface area contributed by atoms with E-state index < -0.39 is 0 Å². The number of nitrogens with zero attached hydrogens (tertiary/aromatic N) is 5. The van der Waals surface area contributed by atoms with Gasteiger partial charge in [-0.3, -0.25) is 4.79 Å². The van der Waals surface area contributed by atoms with Crippen LogP contribution in [0.25, 0.3) is 0 Å². The van der Waals surface area contributed by atoms with Crippen molar-refractivity contribution in [2.75, 3.05) is 13.1 Å². The molecule has 0 radical (unpaired) electrons. The van der Waals surface area contributed by atoms with Gasteiger partial charge in [-0.05, 0) is 19.8 Å². The molecule has 0 unspecified atom stereocenters. The van der Waals surface area contributed by atoms with Crippen molar-refractivity contribution in [3.63, 3.8) is 0 Å². The Bertz CT molecular complexity index is 691. The summed E-state index contributed by atoms with van der Waals surface area (Å²) in [5, 5.41) is 3.94. The Labute approximate surface area is 142 Å². The molecule has 1 aliphatic rings. The summed E-state index contributed by atoms with van der Waals surface area (Å²) in [4.78, 5) is 23.1. The van der Waals surface area contributed by atoms with Crippen molar-refractivity contribution in [1.29, 1.82) is 0 Å². The second kappa shape index (κ2) is 7.15. The highest BCUT2D eigenvalue weighted by atomic mass is 16.5. The lowest BCUT2D eigenvalue weighted by Gasteiger charge is -2.34. The maximum Gasteiger partial charge on any atom is 0.227 e. The van der Waals surface area contributed by atoms with E-state index in [4.69, 9.17) is 4.52 Å². The zero-order chi connectivity index (χ0) is 17.1. The second-order valence-corrected chi connectivity index (χ2v) is 6.72. The van der Waals surface area contributed by atoms with E-state index in [1.54, 1.807) is 0 Å². The minimum atomic E-state index is 0.154.